The van der Waals surface area contributed by atoms with Gasteiger partial charge in [-0.1, -0.05) is 54.6 Å². The molecule has 0 aliphatic heterocycles. The fraction of sp³-hybridized carbons (Fsp3) is 0.235. The van der Waals surface area contributed by atoms with Gasteiger partial charge in [-0.05, 0) is 23.1 Å². The molecule has 0 bridgehead atoms. The molecule has 0 aliphatic carbocycles. The Labute approximate surface area is 152 Å². The maximum absolute atomic E-state index is 11.0. The van der Waals surface area contributed by atoms with E-state index in [1.165, 1.54) is 0 Å². The van der Waals surface area contributed by atoms with E-state index in [9.17, 15) is 9.36 Å². The summed E-state index contributed by atoms with van der Waals surface area (Å²) in [6.45, 7) is 0. The molecule has 0 aliphatic rings. The van der Waals surface area contributed by atoms with Crippen LogP contribution in [-0.2, 0) is 15.8 Å². The van der Waals surface area contributed by atoms with Gasteiger partial charge in [0, 0.05) is 6.04 Å². The SMILES string of the molecule is Cl.O=C(O)CC(Cc1ccc(-c2ccccc2)cc1)NCP(=O)(O)O. The van der Waals surface area contributed by atoms with Crippen LogP contribution in [0, 0.1) is 0 Å². The first-order valence-corrected chi connectivity index (χ1v) is 9.27. The fourth-order valence-electron chi connectivity index (χ4n) is 2.42. The highest BCUT2D eigenvalue weighted by atomic mass is 35.5. The molecule has 25 heavy (non-hydrogen) atoms. The molecule has 1 unspecified atom stereocenters. The summed E-state index contributed by atoms with van der Waals surface area (Å²) in [6, 6.07) is 17.0. The maximum Gasteiger partial charge on any atom is 0.339 e. The van der Waals surface area contributed by atoms with Gasteiger partial charge >= 0.3 is 13.6 Å². The van der Waals surface area contributed by atoms with Crippen molar-refractivity contribution in [2.45, 2.75) is 18.9 Å². The van der Waals surface area contributed by atoms with E-state index in [4.69, 9.17) is 14.9 Å². The Hall–Kier alpha value is -1.69. The monoisotopic (exact) mass is 385 g/mol. The third-order valence-corrected chi connectivity index (χ3v) is 4.14. The van der Waals surface area contributed by atoms with Crippen LogP contribution in [0.2, 0.25) is 0 Å². The molecule has 2 rings (SSSR count). The van der Waals surface area contributed by atoms with Crippen LogP contribution >= 0.6 is 20.0 Å². The topological polar surface area (TPSA) is 107 Å². The Morgan fingerprint density at radius 3 is 2.08 bits per heavy atom. The van der Waals surface area contributed by atoms with E-state index >= 15 is 0 Å². The van der Waals surface area contributed by atoms with Crippen LogP contribution in [0.1, 0.15) is 12.0 Å². The van der Waals surface area contributed by atoms with E-state index in [2.05, 4.69) is 5.32 Å². The molecule has 0 radical (unpaired) electrons. The van der Waals surface area contributed by atoms with Crippen molar-refractivity contribution in [2.24, 2.45) is 0 Å². The fourth-order valence-corrected chi connectivity index (χ4v) is 2.92. The number of halogens is 1. The Kier molecular flexibility index (Phi) is 8.29. The van der Waals surface area contributed by atoms with Gasteiger partial charge in [-0.3, -0.25) is 9.36 Å². The number of carbonyl (C=O) groups is 1. The number of carboxylic acid groups (broad SMARTS) is 1. The number of rotatable bonds is 8. The van der Waals surface area contributed by atoms with E-state index in [0.717, 1.165) is 16.7 Å². The average Bonchev–Trinajstić information content (AvgIpc) is 2.53. The van der Waals surface area contributed by atoms with E-state index in [1.54, 1.807) is 0 Å². The minimum Gasteiger partial charge on any atom is -0.481 e. The Morgan fingerprint density at radius 1 is 1.00 bits per heavy atom. The quantitative estimate of drug-likeness (QED) is 0.520. The van der Waals surface area contributed by atoms with Crippen LogP contribution in [0.4, 0.5) is 0 Å². The summed E-state index contributed by atoms with van der Waals surface area (Å²) in [4.78, 5) is 28.8. The molecule has 1 atom stereocenters. The molecular formula is C17H21ClNO5P. The molecule has 8 heteroatoms. The highest BCUT2D eigenvalue weighted by molar-refractivity contribution is 7.51. The molecule has 0 amide bonds. The number of benzene rings is 2. The summed E-state index contributed by atoms with van der Waals surface area (Å²) in [5, 5.41) is 11.6. The minimum atomic E-state index is -4.22. The Balaban J connectivity index is 0.00000312. The van der Waals surface area contributed by atoms with Gasteiger partial charge in [0.1, 0.15) is 0 Å². The summed E-state index contributed by atoms with van der Waals surface area (Å²) < 4.78 is 11.0. The molecule has 2 aromatic rings. The molecule has 0 saturated carbocycles. The number of aliphatic carboxylic acids is 1. The molecule has 0 heterocycles. The van der Waals surface area contributed by atoms with Crippen molar-refractivity contribution < 1.29 is 24.3 Å². The molecule has 0 aromatic heterocycles. The van der Waals surface area contributed by atoms with Crippen LogP contribution in [0.25, 0.3) is 11.1 Å². The second-order valence-corrected chi connectivity index (χ2v) is 7.23. The average molecular weight is 386 g/mol. The predicted molar refractivity (Wildman–Crippen MR) is 98.9 cm³/mol. The molecule has 0 fully saturated rings. The van der Waals surface area contributed by atoms with Crippen molar-refractivity contribution in [3.63, 3.8) is 0 Å². The highest BCUT2D eigenvalue weighted by Crippen LogP contribution is 2.32. The van der Waals surface area contributed by atoms with Crippen molar-refractivity contribution in [3.8, 4) is 11.1 Å². The van der Waals surface area contributed by atoms with Crippen molar-refractivity contribution in [1.29, 1.82) is 0 Å². The standard InChI is InChI=1S/C17H20NO5P.ClH/c19-17(20)11-16(18-12-24(21,22)23)10-13-6-8-15(9-7-13)14-4-2-1-3-5-14;/h1-9,16,18H,10-12H2,(H,19,20)(H2,21,22,23);1H. The maximum atomic E-state index is 11.0. The zero-order valence-corrected chi connectivity index (χ0v) is 15.1. The first kappa shape index (κ1) is 21.4. The number of nitrogens with one attached hydrogen (secondary N) is 1. The molecule has 6 nitrogen and oxygen atoms in total. The molecule has 4 N–H and O–H groups in total. The number of hydrogen-bond acceptors (Lipinski definition) is 3. The molecule has 0 spiro atoms. The van der Waals surface area contributed by atoms with Gasteiger partial charge in [-0.2, -0.15) is 0 Å². The van der Waals surface area contributed by atoms with Gasteiger partial charge < -0.3 is 20.2 Å². The van der Waals surface area contributed by atoms with Gasteiger partial charge in [0.05, 0.1) is 12.7 Å². The molecular weight excluding hydrogens is 365 g/mol. The first-order valence-electron chi connectivity index (χ1n) is 7.47. The minimum absolute atomic E-state index is 0. The zero-order chi connectivity index (χ0) is 17.6. The summed E-state index contributed by atoms with van der Waals surface area (Å²) in [6.07, 6.45) is -0.366. The summed E-state index contributed by atoms with van der Waals surface area (Å²) in [5.41, 5.74) is 3.04. The molecule has 136 valence electrons. The third-order valence-electron chi connectivity index (χ3n) is 3.55. The van der Waals surface area contributed by atoms with Crippen LogP contribution in [-0.4, -0.2) is 33.2 Å². The van der Waals surface area contributed by atoms with Crippen LogP contribution in [0.5, 0.6) is 0 Å². The second-order valence-electron chi connectivity index (χ2n) is 5.59. The second kappa shape index (κ2) is 9.70. The largest absolute Gasteiger partial charge is 0.481 e. The van der Waals surface area contributed by atoms with Gasteiger partial charge in [-0.15, -0.1) is 12.4 Å². The summed E-state index contributed by atoms with van der Waals surface area (Å²) in [7, 11) is -4.22. The lowest BCUT2D eigenvalue weighted by Crippen LogP contribution is -2.34. The lowest BCUT2D eigenvalue weighted by molar-refractivity contribution is -0.137. The zero-order valence-electron chi connectivity index (χ0n) is 13.4. The first-order chi connectivity index (χ1) is 11.3. The van der Waals surface area contributed by atoms with Crippen LogP contribution in [0.15, 0.2) is 54.6 Å². The van der Waals surface area contributed by atoms with Gasteiger partial charge in [-0.25, -0.2) is 0 Å². The Bertz CT molecular complexity index is 718. The van der Waals surface area contributed by atoms with Crippen LogP contribution in [0.3, 0.4) is 0 Å². The van der Waals surface area contributed by atoms with E-state index < -0.39 is 25.9 Å². The highest BCUT2D eigenvalue weighted by Gasteiger charge is 2.19. The van der Waals surface area contributed by atoms with Crippen LogP contribution < -0.4 is 5.32 Å². The van der Waals surface area contributed by atoms with E-state index in [-0.39, 0.29) is 18.8 Å². The van der Waals surface area contributed by atoms with Crippen molar-refractivity contribution in [1.82, 2.24) is 5.32 Å². The number of carboxylic acids is 1. The van der Waals surface area contributed by atoms with E-state index in [1.807, 2.05) is 54.6 Å². The Morgan fingerprint density at radius 2 is 1.56 bits per heavy atom. The lowest BCUT2D eigenvalue weighted by Gasteiger charge is -2.17. The van der Waals surface area contributed by atoms with Crippen molar-refractivity contribution in [2.75, 3.05) is 6.29 Å². The predicted octanol–water partition coefficient (Wildman–Crippen LogP) is 2.89. The van der Waals surface area contributed by atoms with Crippen molar-refractivity contribution in [3.05, 3.63) is 60.2 Å². The van der Waals surface area contributed by atoms with Gasteiger partial charge in [0.15, 0.2) is 0 Å². The van der Waals surface area contributed by atoms with Crippen molar-refractivity contribution >= 4 is 26.0 Å². The lowest BCUT2D eigenvalue weighted by atomic mass is 9.99. The molecule has 2 aromatic carbocycles. The summed E-state index contributed by atoms with van der Waals surface area (Å²) in [5.74, 6) is -1.01. The summed E-state index contributed by atoms with van der Waals surface area (Å²) >= 11 is 0. The molecule has 0 saturated heterocycles. The smallest absolute Gasteiger partial charge is 0.339 e. The normalized spacial score (nSPS) is 12.2. The van der Waals surface area contributed by atoms with E-state index in [0.29, 0.717) is 6.42 Å². The van der Waals surface area contributed by atoms with Gasteiger partial charge in [0.25, 0.3) is 0 Å². The van der Waals surface area contributed by atoms with Gasteiger partial charge in [0.2, 0.25) is 0 Å². The third kappa shape index (κ3) is 7.82. The number of hydrogen-bond donors (Lipinski definition) is 4.